The molecule has 0 aromatic rings. The van der Waals surface area contributed by atoms with Crippen molar-refractivity contribution in [2.24, 2.45) is 0 Å². The molecule has 0 bridgehead atoms. The predicted molar refractivity (Wildman–Crippen MR) is 76.5 cm³/mol. The van der Waals surface area contributed by atoms with Gasteiger partial charge in [-0.15, -0.1) is 0 Å². The summed E-state index contributed by atoms with van der Waals surface area (Å²) in [6.07, 6.45) is 8.12. The number of hydrogen-bond donors (Lipinski definition) is 1. The first-order chi connectivity index (χ1) is 8.25. The summed E-state index contributed by atoms with van der Waals surface area (Å²) in [4.78, 5) is 2.72. The van der Waals surface area contributed by atoms with Crippen LogP contribution in [-0.4, -0.2) is 36.1 Å². The van der Waals surface area contributed by atoms with E-state index in [-0.39, 0.29) is 0 Å². The fourth-order valence-electron chi connectivity index (χ4n) is 3.76. The zero-order chi connectivity index (χ0) is 12.7. The summed E-state index contributed by atoms with van der Waals surface area (Å²) < 4.78 is 0. The molecule has 2 nitrogen and oxygen atoms in total. The molecule has 0 aromatic heterocycles. The highest BCUT2D eigenvalue weighted by Gasteiger charge is 2.43. The lowest BCUT2D eigenvalue weighted by atomic mass is 9.84. The molecule has 1 aliphatic carbocycles. The van der Waals surface area contributed by atoms with Gasteiger partial charge in [-0.2, -0.15) is 0 Å². The fourth-order valence-corrected chi connectivity index (χ4v) is 3.76. The van der Waals surface area contributed by atoms with E-state index >= 15 is 0 Å². The molecular formula is C15H32N2. The van der Waals surface area contributed by atoms with E-state index in [2.05, 4.69) is 37.9 Å². The molecule has 102 valence electrons. The highest BCUT2D eigenvalue weighted by Crippen LogP contribution is 2.39. The standard InChI is InChI=1S/C15H32N2/c1-5-13-16-14(6-2)15(11-9-10-12-15)17(7-3)8-4/h14,16H,5-13H2,1-4H3. The van der Waals surface area contributed by atoms with Crippen molar-refractivity contribution >= 4 is 0 Å². The molecule has 1 saturated carbocycles. The molecule has 0 amide bonds. The van der Waals surface area contributed by atoms with Crippen LogP contribution in [0.1, 0.15) is 66.2 Å². The van der Waals surface area contributed by atoms with Crippen LogP contribution in [0.25, 0.3) is 0 Å². The van der Waals surface area contributed by atoms with Gasteiger partial charge in [0.25, 0.3) is 0 Å². The van der Waals surface area contributed by atoms with Crippen LogP contribution in [0.3, 0.4) is 0 Å². The zero-order valence-electron chi connectivity index (χ0n) is 12.4. The third-order valence-corrected chi connectivity index (χ3v) is 4.56. The molecule has 1 aliphatic rings. The van der Waals surface area contributed by atoms with E-state index in [1.54, 1.807) is 0 Å². The maximum Gasteiger partial charge on any atom is 0.0362 e. The van der Waals surface area contributed by atoms with Gasteiger partial charge < -0.3 is 5.32 Å². The van der Waals surface area contributed by atoms with Crippen molar-refractivity contribution in [3.8, 4) is 0 Å². The van der Waals surface area contributed by atoms with Crippen molar-refractivity contribution in [3.63, 3.8) is 0 Å². The third-order valence-electron chi connectivity index (χ3n) is 4.56. The highest BCUT2D eigenvalue weighted by molar-refractivity contribution is 5.02. The number of nitrogens with one attached hydrogen (secondary N) is 1. The van der Waals surface area contributed by atoms with Crippen LogP contribution < -0.4 is 5.32 Å². The van der Waals surface area contributed by atoms with E-state index in [4.69, 9.17) is 0 Å². The van der Waals surface area contributed by atoms with E-state index in [0.29, 0.717) is 11.6 Å². The van der Waals surface area contributed by atoms with Crippen molar-refractivity contribution in [1.29, 1.82) is 0 Å². The highest BCUT2D eigenvalue weighted by atomic mass is 15.2. The molecule has 0 heterocycles. The van der Waals surface area contributed by atoms with Crippen LogP contribution in [0.2, 0.25) is 0 Å². The average molecular weight is 240 g/mol. The average Bonchev–Trinajstić information content (AvgIpc) is 2.82. The van der Waals surface area contributed by atoms with Crippen molar-refractivity contribution in [3.05, 3.63) is 0 Å². The summed E-state index contributed by atoms with van der Waals surface area (Å²) in [7, 11) is 0. The lowest BCUT2D eigenvalue weighted by molar-refractivity contribution is 0.0615. The molecule has 0 aliphatic heterocycles. The zero-order valence-corrected chi connectivity index (χ0v) is 12.4. The molecule has 0 aromatic carbocycles. The Hall–Kier alpha value is -0.0800. The van der Waals surface area contributed by atoms with Crippen LogP contribution >= 0.6 is 0 Å². The third kappa shape index (κ3) is 3.23. The Morgan fingerprint density at radius 1 is 1.06 bits per heavy atom. The predicted octanol–water partition coefficient (Wildman–Crippen LogP) is 3.42. The molecule has 1 unspecified atom stereocenters. The van der Waals surface area contributed by atoms with Crippen LogP contribution in [0.5, 0.6) is 0 Å². The molecule has 2 heteroatoms. The molecule has 17 heavy (non-hydrogen) atoms. The SMILES string of the molecule is CCCNC(CC)C1(N(CC)CC)CCCC1. The Labute approximate surface area is 108 Å². The van der Waals surface area contributed by atoms with E-state index in [0.717, 1.165) is 0 Å². The van der Waals surface area contributed by atoms with Crippen molar-refractivity contribution in [2.45, 2.75) is 77.8 Å². The second kappa shape index (κ2) is 7.38. The Morgan fingerprint density at radius 2 is 1.65 bits per heavy atom. The Kier molecular flexibility index (Phi) is 6.50. The lowest BCUT2D eigenvalue weighted by Gasteiger charge is -2.46. The van der Waals surface area contributed by atoms with Crippen molar-refractivity contribution < 1.29 is 0 Å². The Morgan fingerprint density at radius 3 is 2.06 bits per heavy atom. The molecule has 1 atom stereocenters. The summed E-state index contributed by atoms with van der Waals surface area (Å²) in [6, 6.07) is 0.685. The van der Waals surface area contributed by atoms with Crippen molar-refractivity contribution in [1.82, 2.24) is 10.2 Å². The van der Waals surface area contributed by atoms with E-state index in [1.807, 2.05) is 0 Å². The van der Waals surface area contributed by atoms with Gasteiger partial charge in [-0.3, -0.25) is 4.90 Å². The summed E-state index contributed by atoms with van der Waals surface area (Å²) in [5.41, 5.74) is 0.452. The van der Waals surface area contributed by atoms with Gasteiger partial charge in [0, 0.05) is 11.6 Å². The summed E-state index contributed by atoms with van der Waals surface area (Å²) in [5, 5.41) is 3.81. The van der Waals surface area contributed by atoms with Crippen molar-refractivity contribution in [2.75, 3.05) is 19.6 Å². The fraction of sp³-hybridized carbons (Fsp3) is 1.00. The van der Waals surface area contributed by atoms with Crippen LogP contribution in [0.15, 0.2) is 0 Å². The minimum atomic E-state index is 0.452. The Balaban J connectivity index is 2.80. The minimum Gasteiger partial charge on any atom is -0.312 e. The molecule has 0 spiro atoms. The molecule has 1 rings (SSSR count). The number of nitrogens with zero attached hydrogens (tertiary/aromatic N) is 1. The second-order valence-electron chi connectivity index (χ2n) is 5.40. The minimum absolute atomic E-state index is 0.452. The van der Waals surface area contributed by atoms with E-state index < -0.39 is 0 Å². The van der Waals surface area contributed by atoms with E-state index in [1.165, 1.54) is 58.2 Å². The topological polar surface area (TPSA) is 15.3 Å². The van der Waals surface area contributed by atoms with Crippen LogP contribution in [0, 0.1) is 0 Å². The maximum absolute atomic E-state index is 3.81. The first kappa shape index (κ1) is 15.0. The van der Waals surface area contributed by atoms with Gasteiger partial charge in [-0.25, -0.2) is 0 Å². The largest absolute Gasteiger partial charge is 0.312 e. The lowest BCUT2D eigenvalue weighted by Crippen LogP contribution is -2.59. The molecule has 1 N–H and O–H groups in total. The molecule has 1 fully saturated rings. The number of likely N-dealkylation sites (N-methyl/N-ethyl adjacent to an activating group) is 1. The first-order valence-corrected chi connectivity index (χ1v) is 7.73. The summed E-state index contributed by atoms with van der Waals surface area (Å²) in [5.74, 6) is 0. The normalized spacial score (nSPS) is 21.0. The number of hydrogen-bond acceptors (Lipinski definition) is 2. The van der Waals surface area contributed by atoms with Gasteiger partial charge in [0.15, 0.2) is 0 Å². The second-order valence-corrected chi connectivity index (χ2v) is 5.40. The Bertz CT molecular complexity index is 193. The van der Waals surface area contributed by atoms with Gasteiger partial charge in [-0.1, -0.05) is 40.5 Å². The molecule has 0 radical (unpaired) electrons. The number of rotatable bonds is 8. The van der Waals surface area contributed by atoms with E-state index in [9.17, 15) is 0 Å². The van der Waals surface area contributed by atoms with Gasteiger partial charge in [0.2, 0.25) is 0 Å². The van der Waals surface area contributed by atoms with Gasteiger partial charge >= 0.3 is 0 Å². The quantitative estimate of drug-likeness (QED) is 0.699. The molecular weight excluding hydrogens is 208 g/mol. The molecule has 0 saturated heterocycles. The smallest absolute Gasteiger partial charge is 0.0362 e. The van der Waals surface area contributed by atoms with Gasteiger partial charge in [0.05, 0.1) is 0 Å². The van der Waals surface area contributed by atoms with Crippen LogP contribution in [0.4, 0.5) is 0 Å². The van der Waals surface area contributed by atoms with Gasteiger partial charge in [-0.05, 0) is 45.3 Å². The van der Waals surface area contributed by atoms with Gasteiger partial charge in [0.1, 0.15) is 0 Å². The monoisotopic (exact) mass is 240 g/mol. The first-order valence-electron chi connectivity index (χ1n) is 7.73. The van der Waals surface area contributed by atoms with Crippen LogP contribution in [-0.2, 0) is 0 Å². The summed E-state index contributed by atoms with van der Waals surface area (Å²) >= 11 is 0. The summed E-state index contributed by atoms with van der Waals surface area (Å²) in [6.45, 7) is 12.8. The maximum atomic E-state index is 3.81.